The molecule has 0 aliphatic heterocycles. The van der Waals surface area contributed by atoms with Crippen molar-refractivity contribution < 1.29 is 5.11 Å². The van der Waals surface area contributed by atoms with E-state index in [4.69, 9.17) is 0 Å². The zero-order chi connectivity index (χ0) is 23.5. The highest BCUT2D eigenvalue weighted by Gasteiger charge is 2.50. The molecule has 170 valence electrons. The first-order chi connectivity index (χ1) is 17.2. The molecule has 0 aromatic heterocycles. The van der Waals surface area contributed by atoms with Crippen molar-refractivity contribution in [1.82, 2.24) is 0 Å². The second-order valence-corrected chi connectivity index (χ2v) is 10.3. The Morgan fingerprint density at radius 1 is 0.486 bits per heavy atom. The summed E-state index contributed by atoms with van der Waals surface area (Å²) >= 11 is 0. The van der Waals surface area contributed by atoms with E-state index in [1.54, 1.807) is 0 Å². The van der Waals surface area contributed by atoms with E-state index >= 15 is 0 Å². The molecule has 7 rings (SSSR count). The fourth-order valence-electron chi connectivity index (χ4n) is 7.19. The van der Waals surface area contributed by atoms with Gasteiger partial charge in [-0.1, -0.05) is 109 Å². The second-order valence-electron chi connectivity index (χ2n) is 10.3. The standard InChI is InChI=1S/C34H28O/c35-31-23-30-32(27-16-8-7-15-26(27)31)28-17-9-10-18-29(28)34(30)21-19-33(20-22-34,24-11-3-1-4-12-24)25-13-5-2-6-14-25/h1-18,23,35H,19-22H2. The Labute approximate surface area is 206 Å². The van der Waals surface area contributed by atoms with Crippen LogP contribution >= 0.6 is 0 Å². The maximum absolute atomic E-state index is 11.1. The Bertz CT molecular complexity index is 1500. The molecular formula is C34H28O. The summed E-state index contributed by atoms with van der Waals surface area (Å²) in [4.78, 5) is 0. The van der Waals surface area contributed by atoms with Gasteiger partial charge in [0.25, 0.3) is 0 Å². The molecule has 1 fully saturated rings. The second kappa shape index (κ2) is 7.58. The maximum Gasteiger partial charge on any atom is 0.123 e. The quantitative estimate of drug-likeness (QED) is 0.285. The van der Waals surface area contributed by atoms with E-state index in [0.717, 1.165) is 36.5 Å². The van der Waals surface area contributed by atoms with Gasteiger partial charge < -0.3 is 5.11 Å². The summed E-state index contributed by atoms with van der Waals surface area (Å²) < 4.78 is 0. The molecule has 2 aliphatic carbocycles. The molecule has 1 N–H and O–H groups in total. The Kier molecular flexibility index (Phi) is 4.45. The Morgan fingerprint density at radius 2 is 1.00 bits per heavy atom. The van der Waals surface area contributed by atoms with Crippen molar-refractivity contribution in [2.75, 3.05) is 0 Å². The number of benzene rings is 5. The monoisotopic (exact) mass is 452 g/mol. The van der Waals surface area contributed by atoms with Gasteiger partial charge in [0.1, 0.15) is 5.75 Å². The van der Waals surface area contributed by atoms with Gasteiger partial charge in [-0.25, -0.2) is 0 Å². The van der Waals surface area contributed by atoms with Crippen LogP contribution in [0.1, 0.15) is 47.9 Å². The van der Waals surface area contributed by atoms with E-state index in [-0.39, 0.29) is 10.8 Å². The molecule has 1 saturated carbocycles. The third-order valence-electron chi connectivity index (χ3n) is 8.86. The van der Waals surface area contributed by atoms with Gasteiger partial charge in [0.2, 0.25) is 0 Å². The largest absolute Gasteiger partial charge is 0.507 e. The van der Waals surface area contributed by atoms with E-state index in [0.29, 0.717) is 5.75 Å². The van der Waals surface area contributed by atoms with Crippen molar-refractivity contribution in [3.8, 4) is 16.9 Å². The number of phenols is 1. The van der Waals surface area contributed by atoms with E-state index < -0.39 is 0 Å². The van der Waals surface area contributed by atoms with Crippen LogP contribution in [0.2, 0.25) is 0 Å². The predicted octanol–water partition coefficient (Wildman–Crippen LogP) is 8.37. The number of hydrogen-bond acceptors (Lipinski definition) is 1. The Hall–Kier alpha value is -3.84. The zero-order valence-electron chi connectivity index (χ0n) is 19.7. The van der Waals surface area contributed by atoms with Crippen LogP contribution in [0.3, 0.4) is 0 Å². The van der Waals surface area contributed by atoms with Gasteiger partial charge >= 0.3 is 0 Å². The molecule has 1 heteroatoms. The predicted molar refractivity (Wildman–Crippen MR) is 144 cm³/mol. The normalized spacial score (nSPS) is 17.3. The first-order valence-corrected chi connectivity index (χ1v) is 12.7. The topological polar surface area (TPSA) is 20.2 Å². The van der Waals surface area contributed by atoms with Crippen molar-refractivity contribution >= 4 is 10.8 Å². The number of rotatable bonds is 2. The molecule has 1 nitrogen and oxygen atoms in total. The average molecular weight is 453 g/mol. The van der Waals surface area contributed by atoms with Gasteiger partial charge in [-0.05, 0) is 70.5 Å². The molecule has 35 heavy (non-hydrogen) atoms. The van der Waals surface area contributed by atoms with Crippen LogP contribution in [0.5, 0.6) is 5.75 Å². The van der Waals surface area contributed by atoms with E-state index in [9.17, 15) is 5.11 Å². The van der Waals surface area contributed by atoms with Gasteiger partial charge in [0, 0.05) is 16.2 Å². The smallest absolute Gasteiger partial charge is 0.123 e. The van der Waals surface area contributed by atoms with Crippen molar-refractivity contribution in [2.24, 2.45) is 0 Å². The lowest BCUT2D eigenvalue weighted by Crippen LogP contribution is -2.40. The molecule has 0 heterocycles. The number of hydrogen-bond donors (Lipinski definition) is 1. The van der Waals surface area contributed by atoms with Crippen LogP contribution in [-0.4, -0.2) is 5.11 Å². The lowest BCUT2D eigenvalue weighted by Gasteiger charge is -2.47. The molecule has 0 unspecified atom stereocenters. The van der Waals surface area contributed by atoms with Crippen molar-refractivity contribution in [3.63, 3.8) is 0 Å². The minimum atomic E-state index is -0.0689. The van der Waals surface area contributed by atoms with Crippen LogP contribution in [-0.2, 0) is 10.8 Å². The average Bonchev–Trinajstić information content (AvgIpc) is 3.20. The highest BCUT2D eigenvalue weighted by Crippen LogP contribution is 2.61. The summed E-state index contributed by atoms with van der Waals surface area (Å²) in [5.74, 6) is 0.398. The van der Waals surface area contributed by atoms with Crippen LogP contribution in [0, 0.1) is 0 Å². The van der Waals surface area contributed by atoms with Gasteiger partial charge in [-0.15, -0.1) is 0 Å². The molecule has 0 amide bonds. The van der Waals surface area contributed by atoms with Gasteiger partial charge in [-0.3, -0.25) is 0 Å². The first kappa shape index (κ1) is 20.5. The lowest BCUT2D eigenvalue weighted by molar-refractivity contribution is 0.260. The van der Waals surface area contributed by atoms with Gasteiger partial charge in [0.05, 0.1) is 0 Å². The third-order valence-corrected chi connectivity index (χ3v) is 8.86. The molecule has 0 radical (unpaired) electrons. The fourth-order valence-corrected chi connectivity index (χ4v) is 7.19. The van der Waals surface area contributed by atoms with Gasteiger partial charge in [-0.2, -0.15) is 0 Å². The van der Waals surface area contributed by atoms with Crippen molar-refractivity contribution in [3.05, 3.63) is 138 Å². The van der Waals surface area contributed by atoms with Crippen LogP contribution in [0.25, 0.3) is 21.9 Å². The van der Waals surface area contributed by atoms with E-state index in [1.165, 1.54) is 33.4 Å². The summed E-state index contributed by atoms with van der Waals surface area (Å²) in [5, 5.41) is 13.2. The third kappa shape index (κ3) is 2.82. The van der Waals surface area contributed by atoms with Crippen LogP contribution in [0.4, 0.5) is 0 Å². The van der Waals surface area contributed by atoms with E-state index in [2.05, 4.69) is 103 Å². The molecule has 0 saturated heterocycles. The Balaban J connectivity index is 1.42. The molecule has 1 spiro atoms. The first-order valence-electron chi connectivity index (χ1n) is 12.7. The zero-order valence-corrected chi connectivity index (χ0v) is 19.7. The number of aromatic hydroxyl groups is 1. The summed E-state index contributed by atoms with van der Waals surface area (Å²) in [7, 11) is 0. The summed E-state index contributed by atoms with van der Waals surface area (Å²) in [6.45, 7) is 0. The molecule has 0 atom stereocenters. The number of fused-ring (bicyclic) bond motifs is 7. The summed E-state index contributed by atoms with van der Waals surface area (Å²) in [6.07, 6.45) is 4.25. The van der Waals surface area contributed by atoms with Gasteiger partial charge in [0.15, 0.2) is 0 Å². The van der Waals surface area contributed by atoms with Crippen molar-refractivity contribution in [1.29, 1.82) is 0 Å². The van der Waals surface area contributed by atoms with Crippen LogP contribution in [0.15, 0.2) is 115 Å². The highest BCUT2D eigenvalue weighted by atomic mass is 16.3. The molecule has 2 aliphatic rings. The maximum atomic E-state index is 11.1. The number of phenolic OH excluding ortho intramolecular Hbond substituents is 1. The molecule has 5 aromatic carbocycles. The van der Waals surface area contributed by atoms with E-state index in [1.807, 2.05) is 12.1 Å². The minimum absolute atomic E-state index is 0.00433. The van der Waals surface area contributed by atoms with Crippen molar-refractivity contribution in [2.45, 2.75) is 36.5 Å². The molecule has 0 bridgehead atoms. The Morgan fingerprint density at radius 3 is 1.66 bits per heavy atom. The summed E-state index contributed by atoms with van der Waals surface area (Å²) in [6, 6.07) is 41.5. The minimum Gasteiger partial charge on any atom is -0.507 e. The molecular weight excluding hydrogens is 424 g/mol. The summed E-state index contributed by atoms with van der Waals surface area (Å²) in [5.41, 5.74) is 8.16. The fraction of sp³-hybridized carbons (Fsp3) is 0.176. The highest BCUT2D eigenvalue weighted by molar-refractivity contribution is 6.05. The lowest BCUT2D eigenvalue weighted by atomic mass is 9.56. The molecule has 5 aromatic rings. The SMILES string of the molecule is Oc1cc2c(c3ccccc13)-c1ccccc1C21CCC(c2ccccc2)(c2ccccc2)CC1. The van der Waals surface area contributed by atoms with Crippen LogP contribution < -0.4 is 0 Å².